The minimum atomic E-state index is -0.240. The first-order valence-electron chi connectivity index (χ1n) is 9.03. The number of hydrogen-bond acceptors (Lipinski definition) is 4. The highest BCUT2D eigenvalue weighted by Gasteiger charge is 2.47. The average molecular weight is 343 g/mol. The Labute approximate surface area is 150 Å². The predicted octanol–water partition coefficient (Wildman–Crippen LogP) is 3.79. The first-order chi connectivity index (χ1) is 12.0. The van der Waals surface area contributed by atoms with E-state index in [1.807, 2.05) is 6.07 Å². The van der Waals surface area contributed by atoms with E-state index >= 15 is 0 Å². The van der Waals surface area contributed by atoms with Crippen molar-refractivity contribution in [2.75, 3.05) is 27.8 Å². The molecule has 136 valence electrons. The molecule has 0 saturated carbocycles. The number of fused-ring (bicyclic) bond motifs is 1. The third-order valence-electron chi connectivity index (χ3n) is 6.05. The molecule has 2 atom stereocenters. The van der Waals surface area contributed by atoms with Crippen molar-refractivity contribution in [2.24, 2.45) is 0 Å². The largest absolute Gasteiger partial charge is 0.504 e. The van der Waals surface area contributed by atoms with E-state index in [0.29, 0.717) is 11.8 Å². The lowest BCUT2D eigenvalue weighted by Gasteiger charge is -2.49. The highest BCUT2D eigenvalue weighted by atomic mass is 16.5. The molecule has 1 aromatic carbocycles. The Hall–Kier alpha value is -1.94. The summed E-state index contributed by atoms with van der Waals surface area (Å²) >= 11 is 0. The maximum Gasteiger partial charge on any atom is 0.162 e. The normalized spacial score (nSPS) is 26.5. The molecule has 0 aromatic heterocycles. The van der Waals surface area contributed by atoms with E-state index in [-0.39, 0.29) is 11.2 Å². The van der Waals surface area contributed by atoms with Crippen molar-refractivity contribution in [3.8, 4) is 11.5 Å². The van der Waals surface area contributed by atoms with Crippen molar-refractivity contribution in [1.29, 1.82) is 0 Å². The molecule has 1 aliphatic carbocycles. The van der Waals surface area contributed by atoms with Crippen LogP contribution in [-0.2, 0) is 16.6 Å². The van der Waals surface area contributed by atoms with Crippen LogP contribution >= 0.6 is 0 Å². The van der Waals surface area contributed by atoms with E-state index in [1.165, 1.54) is 11.1 Å². The maximum atomic E-state index is 11.1. The molecule has 0 amide bonds. The van der Waals surface area contributed by atoms with Crippen molar-refractivity contribution in [3.63, 3.8) is 0 Å². The molecule has 0 bridgehead atoms. The van der Waals surface area contributed by atoms with Gasteiger partial charge >= 0.3 is 0 Å². The molecule has 3 rings (SSSR count). The van der Waals surface area contributed by atoms with Crippen LogP contribution < -0.4 is 4.74 Å². The Kier molecular flexibility index (Phi) is 4.83. The summed E-state index contributed by atoms with van der Waals surface area (Å²) in [5.74, 6) is 1.78. The number of aryl methyl sites for hydroxylation is 1. The highest BCUT2D eigenvalue weighted by Crippen LogP contribution is 2.53. The highest BCUT2D eigenvalue weighted by molar-refractivity contribution is 5.59. The molecule has 1 aromatic rings. The Bertz CT molecular complexity index is 722. The molecule has 1 fully saturated rings. The number of likely N-dealkylation sites (tertiary alicyclic amines) is 1. The lowest BCUT2D eigenvalue weighted by atomic mass is 9.61. The molecule has 1 heterocycles. The number of rotatable bonds is 4. The molecule has 1 N–H and O–H groups in total. The van der Waals surface area contributed by atoms with Gasteiger partial charge in [0.1, 0.15) is 0 Å². The predicted molar refractivity (Wildman–Crippen MR) is 100 cm³/mol. The van der Waals surface area contributed by atoms with Gasteiger partial charge < -0.3 is 14.6 Å². The molecule has 4 nitrogen and oxygen atoms in total. The summed E-state index contributed by atoms with van der Waals surface area (Å²) in [7, 11) is 5.50. The first kappa shape index (κ1) is 17.9. The fourth-order valence-corrected chi connectivity index (χ4v) is 4.48. The fraction of sp³-hybridized carbons (Fsp3) is 0.524. The summed E-state index contributed by atoms with van der Waals surface area (Å²) in [4.78, 5) is 2.37. The van der Waals surface area contributed by atoms with Crippen molar-refractivity contribution in [3.05, 3.63) is 46.7 Å². The number of methoxy groups -OCH3 is 2. The zero-order valence-electron chi connectivity index (χ0n) is 15.9. The third kappa shape index (κ3) is 2.73. The topological polar surface area (TPSA) is 41.9 Å². The number of nitrogens with zero attached hydrogens (tertiary/aromatic N) is 1. The van der Waals surface area contributed by atoms with Crippen molar-refractivity contribution in [1.82, 2.24) is 4.90 Å². The monoisotopic (exact) mass is 343 g/mol. The van der Waals surface area contributed by atoms with Gasteiger partial charge in [0.25, 0.3) is 0 Å². The number of likely N-dealkylation sites (N-methyl/N-ethyl adjacent to an activating group) is 1. The van der Waals surface area contributed by atoms with E-state index < -0.39 is 0 Å². The molecule has 0 radical (unpaired) electrons. The van der Waals surface area contributed by atoms with Gasteiger partial charge in [-0.1, -0.05) is 19.1 Å². The molecule has 0 spiro atoms. The minimum Gasteiger partial charge on any atom is -0.504 e. The lowest BCUT2D eigenvalue weighted by Crippen LogP contribution is -2.49. The van der Waals surface area contributed by atoms with E-state index in [0.717, 1.165) is 37.1 Å². The van der Waals surface area contributed by atoms with Gasteiger partial charge in [0.2, 0.25) is 0 Å². The van der Waals surface area contributed by atoms with Crippen LogP contribution in [0.1, 0.15) is 37.8 Å². The van der Waals surface area contributed by atoms with E-state index in [9.17, 15) is 5.11 Å². The summed E-state index contributed by atoms with van der Waals surface area (Å²) in [6.45, 7) is 5.36. The van der Waals surface area contributed by atoms with Gasteiger partial charge in [0.15, 0.2) is 11.5 Å². The summed E-state index contributed by atoms with van der Waals surface area (Å²) in [5, 5.41) is 11.1. The van der Waals surface area contributed by atoms with Gasteiger partial charge in [-0.3, -0.25) is 4.90 Å². The van der Waals surface area contributed by atoms with E-state index in [4.69, 9.17) is 9.47 Å². The number of ether oxygens (including phenoxy) is 2. The zero-order chi connectivity index (χ0) is 18.2. The lowest BCUT2D eigenvalue weighted by molar-refractivity contribution is 0.167. The minimum absolute atomic E-state index is 0.240. The second kappa shape index (κ2) is 6.75. The van der Waals surface area contributed by atoms with Crippen LogP contribution in [0.25, 0.3) is 0 Å². The van der Waals surface area contributed by atoms with Gasteiger partial charge in [-0.05, 0) is 56.6 Å². The summed E-state index contributed by atoms with van der Waals surface area (Å²) in [5.41, 5.74) is 3.30. The average Bonchev–Trinajstić information content (AvgIpc) is 2.64. The van der Waals surface area contributed by atoms with Crippen LogP contribution in [-0.4, -0.2) is 43.9 Å². The van der Waals surface area contributed by atoms with Crippen LogP contribution in [0, 0.1) is 0 Å². The van der Waals surface area contributed by atoms with Crippen molar-refractivity contribution < 1.29 is 14.6 Å². The van der Waals surface area contributed by atoms with Crippen LogP contribution in [0.4, 0.5) is 0 Å². The van der Waals surface area contributed by atoms with Gasteiger partial charge in [0, 0.05) is 23.4 Å². The van der Waals surface area contributed by atoms with Crippen molar-refractivity contribution in [2.45, 2.75) is 44.6 Å². The molecule has 25 heavy (non-hydrogen) atoms. The van der Waals surface area contributed by atoms with Crippen LogP contribution in [0.5, 0.6) is 11.5 Å². The number of allylic oxidation sites excluding steroid dienone is 3. The summed E-state index contributed by atoms with van der Waals surface area (Å²) in [6, 6.07) is 4.28. The Morgan fingerprint density at radius 3 is 2.64 bits per heavy atom. The Morgan fingerprint density at radius 1 is 1.24 bits per heavy atom. The van der Waals surface area contributed by atoms with Crippen molar-refractivity contribution >= 4 is 0 Å². The number of benzene rings is 1. The molecular weight excluding hydrogens is 314 g/mol. The van der Waals surface area contributed by atoms with Crippen LogP contribution in [0.15, 0.2) is 35.6 Å². The zero-order valence-corrected chi connectivity index (χ0v) is 15.9. The number of phenols is 1. The van der Waals surface area contributed by atoms with Crippen LogP contribution in [0.3, 0.4) is 0 Å². The van der Waals surface area contributed by atoms with Gasteiger partial charge in [-0.25, -0.2) is 0 Å². The SMILES string of the molecule is CCc1ccc(OC)c(O)c1C12CCN(C)C(C)C1=CC=C(OC)C2. The molecule has 1 aliphatic heterocycles. The number of piperidine rings is 1. The standard InChI is InChI=1S/C21H29NO3/c1-6-15-7-10-18(25-5)20(23)19(15)21-11-12-22(3)14(2)17(21)9-8-16(13-21)24-4/h7-10,14,23H,6,11-13H2,1-5H3. The van der Waals surface area contributed by atoms with Crippen LogP contribution in [0.2, 0.25) is 0 Å². The van der Waals surface area contributed by atoms with E-state index in [1.54, 1.807) is 14.2 Å². The first-order valence-corrected chi connectivity index (χ1v) is 9.03. The molecular formula is C21H29NO3. The second-order valence-electron chi connectivity index (χ2n) is 7.13. The fourth-order valence-electron chi connectivity index (χ4n) is 4.48. The molecule has 2 aliphatic rings. The summed E-state index contributed by atoms with van der Waals surface area (Å²) < 4.78 is 11.0. The van der Waals surface area contributed by atoms with Gasteiger partial charge in [0.05, 0.1) is 20.0 Å². The van der Waals surface area contributed by atoms with E-state index in [2.05, 4.69) is 44.0 Å². The van der Waals surface area contributed by atoms with Gasteiger partial charge in [-0.2, -0.15) is 0 Å². The Morgan fingerprint density at radius 2 is 2.00 bits per heavy atom. The number of phenolic OH excluding ortho intramolecular Hbond substituents is 1. The smallest absolute Gasteiger partial charge is 0.162 e. The maximum absolute atomic E-state index is 11.1. The molecule has 2 unspecified atom stereocenters. The number of aromatic hydroxyl groups is 1. The number of hydrogen-bond donors (Lipinski definition) is 1. The Balaban J connectivity index is 2.26. The van der Waals surface area contributed by atoms with Gasteiger partial charge in [-0.15, -0.1) is 0 Å². The quantitative estimate of drug-likeness (QED) is 0.903. The summed E-state index contributed by atoms with van der Waals surface area (Å²) in [6.07, 6.45) is 6.88. The molecule has 1 saturated heterocycles. The second-order valence-corrected chi connectivity index (χ2v) is 7.13. The molecule has 4 heteroatoms. The third-order valence-corrected chi connectivity index (χ3v) is 6.05.